The van der Waals surface area contributed by atoms with Crippen LogP contribution >= 0.6 is 0 Å². The molecule has 2 heterocycles. The van der Waals surface area contributed by atoms with Crippen LogP contribution in [0.15, 0.2) is 42.5 Å². The molecule has 0 amide bonds. The van der Waals surface area contributed by atoms with E-state index >= 15 is 0 Å². The van der Waals surface area contributed by atoms with Gasteiger partial charge in [-0.15, -0.1) is 0 Å². The maximum atomic E-state index is 9.75. The van der Waals surface area contributed by atoms with Gasteiger partial charge < -0.3 is 15.4 Å². The molecular formula is C18H18N2O. The van der Waals surface area contributed by atoms with Crippen LogP contribution in [-0.2, 0) is 6.42 Å². The van der Waals surface area contributed by atoms with Crippen molar-refractivity contribution in [1.82, 2.24) is 10.3 Å². The van der Waals surface area contributed by atoms with Crippen molar-refractivity contribution in [3.63, 3.8) is 0 Å². The largest absolute Gasteiger partial charge is 0.508 e. The predicted octanol–water partition coefficient (Wildman–Crippen LogP) is 3.42. The minimum Gasteiger partial charge on any atom is -0.508 e. The molecule has 21 heavy (non-hydrogen) atoms. The average molecular weight is 278 g/mol. The van der Waals surface area contributed by atoms with Gasteiger partial charge in [-0.05, 0) is 48.2 Å². The third kappa shape index (κ3) is 1.93. The molecule has 0 fully saturated rings. The van der Waals surface area contributed by atoms with Crippen molar-refractivity contribution in [3.8, 4) is 5.75 Å². The van der Waals surface area contributed by atoms with Gasteiger partial charge >= 0.3 is 0 Å². The minimum absolute atomic E-state index is 0.199. The van der Waals surface area contributed by atoms with Crippen LogP contribution in [0.25, 0.3) is 10.9 Å². The molecule has 3 aromatic rings. The lowest BCUT2D eigenvalue weighted by molar-refractivity contribution is 0.476. The zero-order valence-electron chi connectivity index (χ0n) is 12.0. The Morgan fingerprint density at radius 3 is 2.86 bits per heavy atom. The topological polar surface area (TPSA) is 48.0 Å². The molecule has 3 N–H and O–H groups in total. The molecule has 1 aliphatic rings. The third-order valence-electron chi connectivity index (χ3n) is 4.43. The highest BCUT2D eigenvalue weighted by Gasteiger charge is 2.26. The van der Waals surface area contributed by atoms with E-state index in [1.807, 2.05) is 12.1 Å². The summed E-state index contributed by atoms with van der Waals surface area (Å²) < 4.78 is 0. The van der Waals surface area contributed by atoms with Crippen LogP contribution < -0.4 is 5.32 Å². The molecule has 3 nitrogen and oxygen atoms in total. The Balaban J connectivity index is 1.92. The van der Waals surface area contributed by atoms with Crippen LogP contribution in [0, 0.1) is 6.92 Å². The zero-order chi connectivity index (χ0) is 14.4. The van der Waals surface area contributed by atoms with Gasteiger partial charge in [0.25, 0.3) is 0 Å². The number of rotatable bonds is 1. The molecule has 2 aromatic carbocycles. The number of hydrogen-bond acceptors (Lipinski definition) is 2. The number of hydrogen-bond donors (Lipinski definition) is 3. The molecule has 0 saturated heterocycles. The van der Waals surface area contributed by atoms with Crippen molar-refractivity contribution < 1.29 is 5.11 Å². The van der Waals surface area contributed by atoms with Gasteiger partial charge in [-0.1, -0.05) is 24.3 Å². The number of aromatic nitrogens is 1. The first-order valence-electron chi connectivity index (χ1n) is 7.36. The molecule has 0 spiro atoms. The molecule has 1 unspecified atom stereocenters. The molecule has 1 aliphatic heterocycles. The number of aromatic amines is 1. The molecule has 1 atom stereocenters. The van der Waals surface area contributed by atoms with Gasteiger partial charge in [0.2, 0.25) is 0 Å². The summed E-state index contributed by atoms with van der Waals surface area (Å²) >= 11 is 0. The fraction of sp³-hybridized carbons (Fsp3) is 0.222. The highest BCUT2D eigenvalue weighted by atomic mass is 16.3. The SMILES string of the molecule is Cc1ccccc1C1NCCc2c1[nH]c1ccc(O)cc21. The number of benzene rings is 2. The smallest absolute Gasteiger partial charge is 0.116 e. The first-order valence-corrected chi connectivity index (χ1v) is 7.36. The number of aryl methyl sites for hydroxylation is 1. The van der Waals surface area contributed by atoms with Crippen molar-refractivity contribution in [2.45, 2.75) is 19.4 Å². The Kier molecular flexibility index (Phi) is 2.76. The van der Waals surface area contributed by atoms with Crippen LogP contribution in [-0.4, -0.2) is 16.6 Å². The van der Waals surface area contributed by atoms with Gasteiger partial charge in [0.1, 0.15) is 5.75 Å². The molecule has 0 radical (unpaired) electrons. The quantitative estimate of drug-likeness (QED) is 0.639. The number of aromatic hydroxyl groups is 1. The highest BCUT2D eigenvalue weighted by Crippen LogP contribution is 2.35. The average Bonchev–Trinajstić information content (AvgIpc) is 2.86. The Hall–Kier alpha value is -2.26. The second-order valence-corrected chi connectivity index (χ2v) is 5.74. The van der Waals surface area contributed by atoms with Crippen molar-refractivity contribution in [2.75, 3.05) is 6.54 Å². The summed E-state index contributed by atoms with van der Waals surface area (Å²) in [4.78, 5) is 3.55. The minimum atomic E-state index is 0.199. The van der Waals surface area contributed by atoms with E-state index in [1.54, 1.807) is 6.07 Å². The first-order chi connectivity index (χ1) is 10.2. The van der Waals surface area contributed by atoms with Crippen molar-refractivity contribution >= 4 is 10.9 Å². The van der Waals surface area contributed by atoms with Crippen LogP contribution in [0.1, 0.15) is 28.4 Å². The van der Waals surface area contributed by atoms with Crippen LogP contribution in [0.4, 0.5) is 0 Å². The summed E-state index contributed by atoms with van der Waals surface area (Å²) in [6.45, 7) is 3.11. The third-order valence-corrected chi connectivity index (χ3v) is 4.43. The fourth-order valence-corrected chi connectivity index (χ4v) is 3.39. The maximum Gasteiger partial charge on any atom is 0.116 e. The number of phenolic OH excluding ortho intramolecular Hbond substituents is 1. The molecule has 3 heteroatoms. The Morgan fingerprint density at radius 1 is 1.14 bits per heavy atom. The Morgan fingerprint density at radius 2 is 2.00 bits per heavy atom. The van der Waals surface area contributed by atoms with E-state index in [2.05, 4.69) is 41.5 Å². The van der Waals surface area contributed by atoms with Gasteiger partial charge in [0, 0.05) is 23.1 Å². The molecule has 1 aromatic heterocycles. The number of phenols is 1. The Bertz CT molecular complexity index is 819. The van der Waals surface area contributed by atoms with Crippen molar-refractivity contribution in [1.29, 1.82) is 0 Å². The lowest BCUT2D eigenvalue weighted by Gasteiger charge is -2.26. The molecule has 0 bridgehead atoms. The van der Waals surface area contributed by atoms with Gasteiger partial charge in [-0.25, -0.2) is 0 Å². The lowest BCUT2D eigenvalue weighted by atomic mass is 9.92. The van der Waals surface area contributed by atoms with E-state index in [0.29, 0.717) is 5.75 Å². The zero-order valence-corrected chi connectivity index (χ0v) is 12.0. The lowest BCUT2D eigenvalue weighted by Crippen LogP contribution is -2.30. The summed E-state index contributed by atoms with van der Waals surface area (Å²) in [6.07, 6.45) is 0.987. The van der Waals surface area contributed by atoms with Gasteiger partial charge in [0.15, 0.2) is 0 Å². The second kappa shape index (κ2) is 4.64. The molecule has 0 aliphatic carbocycles. The van der Waals surface area contributed by atoms with E-state index in [4.69, 9.17) is 0 Å². The number of fused-ring (bicyclic) bond motifs is 3. The molecule has 106 valence electrons. The van der Waals surface area contributed by atoms with E-state index in [1.165, 1.54) is 22.4 Å². The highest BCUT2D eigenvalue weighted by molar-refractivity contribution is 5.86. The van der Waals surface area contributed by atoms with Gasteiger partial charge in [-0.2, -0.15) is 0 Å². The molecular weight excluding hydrogens is 260 g/mol. The van der Waals surface area contributed by atoms with E-state index in [9.17, 15) is 5.11 Å². The summed E-state index contributed by atoms with van der Waals surface area (Å²) in [5.41, 5.74) is 6.27. The first kappa shape index (κ1) is 12.5. The van der Waals surface area contributed by atoms with Crippen molar-refractivity contribution in [3.05, 3.63) is 64.8 Å². The van der Waals surface area contributed by atoms with Gasteiger partial charge in [-0.3, -0.25) is 0 Å². The van der Waals surface area contributed by atoms with Crippen LogP contribution in [0.5, 0.6) is 5.75 Å². The molecule has 0 saturated carbocycles. The van der Waals surface area contributed by atoms with E-state index in [-0.39, 0.29) is 6.04 Å². The van der Waals surface area contributed by atoms with E-state index in [0.717, 1.165) is 23.9 Å². The van der Waals surface area contributed by atoms with Crippen LogP contribution in [0.2, 0.25) is 0 Å². The Labute approximate surface area is 123 Å². The fourth-order valence-electron chi connectivity index (χ4n) is 3.39. The normalized spacial score (nSPS) is 17.9. The van der Waals surface area contributed by atoms with E-state index < -0.39 is 0 Å². The maximum absolute atomic E-state index is 9.75. The van der Waals surface area contributed by atoms with Gasteiger partial charge in [0.05, 0.1) is 6.04 Å². The standard InChI is InChI=1S/C18H18N2O/c1-11-4-2-3-5-13(11)17-18-14(8-9-19-17)15-10-12(21)6-7-16(15)20-18/h2-7,10,17,19-21H,8-9H2,1H3. The summed E-state index contributed by atoms with van der Waals surface area (Å²) in [5.74, 6) is 0.329. The molecule has 4 rings (SSSR count). The van der Waals surface area contributed by atoms with Crippen LogP contribution in [0.3, 0.4) is 0 Å². The second-order valence-electron chi connectivity index (χ2n) is 5.74. The number of H-pyrrole nitrogens is 1. The predicted molar refractivity (Wildman–Crippen MR) is 84.7 cm³/mol. The number of nitrogens with one attached hydrogen (secondary N) is 2. The summed E-state index contributed by atoms with van der Waals surface area (Å²) in [6, 6.07) is 14.3. The monoisotopic (exact) mass is 278 g/mol. The van der Waals surface area contributed by atoms with Crippen molar-refractivity contribution in [2.24, 2.45) is 0 Å². The summed E-state index contributed by atoms with van der Waals surface area (Å²) in [7, 11) is 0. The summed E-state index contributed by atoms with van der Waals surface area (Å²) in [5, 5.41) is 14.5.